The summed E-state index contributed by atoms with van der Waals surface area (Å²) in [5.41, 5.74) is 3.91. The number of unbranched alkanes of at least 4 members (excludes halogenated alkanes) is 5. The summed E-state index contributed by atoms with van der Waals surface area (Å²) in [4.78, 5) is 23.0. The smallest absolute Gasteiger partial charge is 0.280 e. The molecule has 1 aliphatic rings. The molecule has 0 saturated carbocycles. The van der Waals surface area contributed by atoms with Gasteiger partial charge in [-0.15, -0.1) is 0 Å². The number of ether oxygens (including phenoxy) is 1. The molecule has 0 aliphatic carbocycles. The normalized spacial score (nSPS) is 27.1. The summed E-state index contributed by atoms with van der Waals surface area (Å²) in [6.07, 6.45) is 2.80. The summed E-state index contributed by atoms with van der Waals surface area (Å²) in [6, 6.07) is 0. The van der Waals surface area contributed by atoms with Gasteiger partial charge in [-0.1, -0.05) is 39.0 Å². The molecule has 4 atom stereocenters. The van der Waals surface area contributed by atoms with Crippen LogP contribution in [0.2, 0.25) is 0 Å². The third-order valence-corrected chi connectivity index (χ3v) is 6.00. The lowest BCUT2D eigenvalue weighted by molar-refractivity contribution is -0.152. The van der Waals surface area contributed by atoms with Gasteiger partial charge in [0.05, 0.1) is 6.61 Å². The number of rotatable bonds is 9. The molecule has 0 radical (unpaired) electrons. The van der Waals surface area contributed by atoms with Crippen LogP contribution in [0.25, 0.3) is 11.2 Å². The van der Waals surface area contributed by atoms with Crippen LogP contribution in [-0.2, 0) is 10.5 Å². The standard InChI is InChI=1S/C18H28BrN5O5/c1-2-3-4-5-6-7-8-18(13(27)12(26)10(9-25)29-18)24-14-11(21-16(24)19)15(28)23-17(20)22-14/h10,12-13,25-27H,2-9H2,1H3,(H3,20,22,23,28)/t10-,12-,13-,18-/m1/s1. The van der Waals surface area contributed by atoms with Crippen molar-refractivity contribution < 1.29 is 20.1 Å². The van der Waals surface area contributed by atoms with Crippen LogP contribution in [0.15, 0.2) is 9.53 Å². The number of hydrogen-bond donors (Lipinski definition) is 5. The van der Waals surface area contributed by atoms with Crippen LogP contribution < -0.4 is 11.3 Å². The molecule has 11 heteroatoms. The van der Waals surface area contributed by atoms with Crippen LogP contribution in [0.3, 0.4) is 0 Å². The number of aromatic amines is 1. The highest BCUT2D eigenvalue weighted by Crippen LogP contribution is 2.43. The number of nitrogens with two attached hydrogens (primary N) is 1. The fraction of sp³-hybridized carbons (Fsp3) is 0.722. The van der Waals surface area contributed by atoms with E-state index in [0.29, 0.717) is 12.8 Å². The van der Waals surface area contributed by atoms with Crippen molar-refractivity contribution in [1.29, 1.82) is 0 Å². The van der Waals surface area contributed by atoms with E-state index in [1.54, 1.807) is 0 Å². The van der Waals surface area contributed by atoms with Gasteiger partial charge in [-0.2, -0.15) is 4.98 Å². The Balaban J connectivity index is 2.02. The van der Waals surface area contributed by atoms with Crippen molar-refractivity contribution in [2.45, 2.75) is 75.9 Å². The Morgan fingerprint density at radius 2 is 1.93 bits per heavy atom. The Hall–Kier alpha value is -1.53. The molecule has 29 heavy (non-hydrogen) atoms. The summed E-state index contributed by atoms with van der Waals surface area (Å²) in [6.45, 7) is 1.69. The fourth-order valence-corrected chi connectivity index (χ4v) is 4.62. The number of aromatic nitrogens is 4. The number of fused-ring (bicyclic) bond motifs is 1. The monoisotopic (exact) mass is 473 g/mol. The number of aliphatic hydroxyl groups excluding tert-OH is 3. The van der Waals surface area contributed by atoms with Crippen molar-refractivity contribution in [2.75, 3.05) is 12.3 Å². The summed E-state index contributed by atoms with van der Waals surface area (Å²) < 4.78 is 7.69. The van der Waals surface area contributed by atoms with Crippen LogP contribution in [0, 0.1) is 0 Å². The number of H-pyrrole nitrogens is 1. The lowest BCUT2D eigenvalue weighted by Gasteiger charge is -2.34. The van der Waals surface area contributed by atoms with Crippen molar-refractivity contribution in [2.24, 2.45) is 0 Å². The highest BCUT2D eigenvalue weighted by atomic mass is 79.9. The minimum absolute atomic E-state index is 0.0335. The molecule has 162 valence electrons. The molecule has 2 aromatic rings. The zero-order chi connectivity index (χ0) is 21.2. The first kappa shape index (κ1) is 22.2. The van der Waals surface area contributed by atoms with E-state index in [9.17, 15) is 20.1 Å². The number of nitrogen functional groups attached to an aromatic ring is 1. The van der Waals surface area contributed by atoms with Crippen LogP contribution in [0.5, 0.6) is 0 Å². The van der Waals surface area contributed by atoms with E-state index >= 15 is 0 Å². The van der Waals surface area contributed by atoms with Gasteiger partial charge in [0, 0.05) is 0 Å². The second-order valence-corrected chi connectivity index (χ2v) is 8.19. The first-order chi connectivity index (χ1) is 13.9. The van der Waals surface area contributed by atoms with E-state index in [-0.39, 0.29) is 21.8 Å². The van der Waals surface area contributed by atoms with E-state index in [4.69, 9.17) is 10.5 Å². The molecule has 1 aliphatic heterocycles. The van der Waals surface area contributed by atoms with E-state index in [1.165, 1.54) is 11.0 Å². The lowest BCUT2D eigenvalue weighted by Crippen LogP contribution is -2.46. The highest BCUT2D eigenvalue weighted by molar-refractivity contribution is 9.10. The van der Waals surface area contributed by atoms with Crippen molar-refractivity contribution >= 4 is 33.0 Å². The summed E-state index contributed by atoms with van der Waals surface area (Å²) in [5.74, 6) is -0.0994. The molecule has 1 fully saturated rings. The molecule has 0 spiro atoms. The molecule has 6 N–H and O–H groups in total. The van der Waals surface area contributed by atoms with E-state index in [0.717, 1.165) is 25.7 Å². The Morgan fingerprint density at radius 1 is 1.24 bits per heavy atom. The van der Waals surface area contributed by atoms with Gasteiger partial charge >= 0.3 is 0 Å². The molecule has 3 rings (SSSR count). The average molecular weight is 474 g/mol. The topological polar surface area (TPSA) is 160 Å². The van der Waals surface area contributed by atoms with Gasteiger partial charge in [-0.05, 0) is 28.8 Å². The number of anilines is 1. The third kappa shape index (κ3) is 4.06. The van der Waals surface area contributed by atoms with Gasteiger partial charge in [0.1, 0.15) is 18.3 Å². The van der Waals surface area contributed by atoms with E-state index in [2.05, 4.69) is 37.8 Å². The molecule has 0 bridgehead atoms. The number of halogens is 1. The molecule has 0 unspecified atom stereocenters. The molecular formula is C18H28BrN5O5. The van der Waals surface area contributed by atoms with Gasteiger partial charge in [0.25, 0.3) is 5.56 Å². The predicted octanol–water partition coefficient (Wildman–Crippen LogP) is 0.981. The molecule has 2 aromatic heterocycles. The Labute approximate surface area is 176 Å². The predicted molar refractivity (Wildman–Crippen MR) is 110 cm³/mol. The number of nitrogens with one attached hydrogen (secondary N) is 1. The summed E-state index contributed by atoms with van der Waals surface area (Å²) >= 11 is 3.33. The average Bonchev–Trinajstić information content (AvgIpc) is 3.14. The van der Waals surface area contributed by atoms with E-state index < -0.39 is 36.2 Å². The quantitative estimate of drug-likeness (QED) is 0.266. The van der Waals surface area contributed by atoms with Gasteiger partial charge < -0.3 is 25.8 Å². The van der Waals surface area contributed by atoms with Crippen molar-refractivity contribution in [3.05, 3.63) is 15.1 Å². The molecule has 0 amide bonds. The molecular weight excluding hydrogens is 446 g/mol. The van der Waals surface area contributed by atoms with Crippen molar-refractivity contribution in [3.63, 3.8) is 0 Å². The van der Waals surface area contributed by atoms with Crippen molar-refractivity contribution in [3.8, 4) is 0 Å². The maximum Gasteiger partial charge on any atom is 0.280 e. The molecule has 0 aromatic carbocycles. The Kier molecular flexibility index (Phi) is 6.94. The zero-order valence-electron chi connectivity index (χ0n) is 16.3. The Morgan fingerprint density at radius 3 is 2.59 bits per heavy atom. The summed E-state index contributed by atoms with van der Waals surface area (Å²) in [5, 5.41) is 31.0. The Bertz CT molecular complexity index is 903. The minimum Gasteiger partial charge on any atom is -0.394 e. The highest BCUT2D eigenvalue weighted by Gasteiger charge is 2.56. The van der Waals surface area contributed by atoms with Crippen molar-refractivity contribution in [1.82, 2.24) is 19.5 Å². The van der Waals surface area contributed by atoms with Gasteiger partial charge in [0.2, 0.25) is 5.95 Å². The van der Waals surface area contributed by atoms with Crippen LogP contribution in [-0.4, -0.2) is 59.8 Å². The maximum absolute atomic E-state index is 12.2. The van der Waals surface area contributed by atoms with Gasteiger partial charge in [-0.3, -0.25) is 14.3 Å². The number of hydrogen-bond acceptors (Lipinski definition) is 8. The number of imidazole rings is 1. The number of aliphatic hydroxyl groups is 3. The zero-order valence-corrected chi connectivity index (χ0v) is 17.9. The largest absolute Gasteiger partial charge is 0.394 e. The lowest BCUT2D eigenvalue weighted by atomic mass is 9.95. The van der Waals surface area contributed by atoms with Crippen LogP contribution in [0.1, 0.15) is 51.9 Å². The second-order valence-electron chi connectivity index (χ2n) is 7.48. The molecule has 3 heterocycles. The molecule has 10 nitrogen and oxygen atoms in total. The van der Waals surface area contributed by atoms with Gasteiger partial charge in [-0.25, -0.2) is 4.98 Å². The first-order valence-electron chi connectivity index (χ1n) is 9.94. The fourth-order valence-electron chi connectivity index (χ4n) is 3.97. The number of nitrogens with zero attached hydrogens (tertiary/aromatic N) is 3. The third-order valence-electron chi connectivity index (χ3n) is 5.46. The second kappa shape index (κ2) is 9.09. The minimum atomic E-state index is -1.45. The van der Waals surface area contributed by atoms with E-state index in [1.807, 2.05) is 0 Å². The summed E-state index contributed by atoms with van der Waals surface area (Å²) in [7, 11) is 0. The van der Waals surface area contributed by atoms with Crippen LogP contribution in [0.4, 0.5) is 5.95 Å². The maximum atomic E-state index is 12.2. The van der Waals surface area contributed by atoms with Gasteiger partial charge in [0.15, 0.2) is 21.6 Å². The first-order valence-corrected chi connectivity index (χ1v) is 10.7. The molecule has 1 saturated heterocycles. The van der Waals surface area contributed by atoms with Crippen LogP contribution >= 0.6 is 15.9 Å². The SMILES string of the molecule is CCCCCCCC[C@@]1(n2c(Br)nc3c(=O)[nH]c(N)nc32)O[C@H](CO)[C@@H](O)[C@H]1O.